The van der Waals surface area contributed by atoms with Crippen molar-refractivity contribution >= 4 is 12.0 Å². The highest BCUT2D eigenvalue weighted by Gasteiger charge is 2.37. The SMILES string of the molecule is CCC(C)CC(C)NC(=O)N1C[C@@H](C)[C@H](C(=O)O)C1. The van der Waals surface area contributed by atoms with Crippen LogP contribution in [0.5, 0.6) is 0 Å². The molecule has 0 radical (unpaired) electrons. The molecule has 2 N–H and O–H groups in total. The lowest BCUT2D eigenvalue weighted by atomic mass is 9.99. The van der Waals surface area contributed by atoms with Gasteiger partial charge in [-0.2, -0.15) is 0 Å². The predicted molar refractivity (Wildman–Crippen MR) is 73.9 cm³/mol. The molecule has 2 unspecified atom stereocenters. The van der Waals surface area contributed by atoms with Gasteiger partial charge in [-0.05, 0) is 25.2 Å². The molecule has 1 aliphatic heterocycles. The minimum atomic E-state index is -0.810. The fourth-order valence-electron chi connectivity index (χ4n) is 2.59. The van der Waals surface area contributed by atoms with E-state index < -0.39 is 11.9 Å². The minimum Gasteiger partial charge on any atom is -0.481 e. The summed E-state index contributed by atoms with van der Waals surface area (Å²) in [5.41, 5.74) is 0. The lowest BCUT2D eigenvalue weighted by molar-refractivity contribution is -0.142. The number of amides is 2. The van der Waals surface area contributed by atoms with E-state index in [1.165, 1.54) is 0 Å². The van der Waals surface area contributed by atoms with E-state index in [0.717, 1.165) is 12.8 Å². The summed E-state index contributed by atoms with van der Waals surface area (Å²) in [6.45, 7) is 9.03. The fraction of sp³-hybridized carbons (Fsp3) is 0.857. The first-order chi connectivity index (χ1) is 8.85. The number of aliphatic carboxylic acids is 1. The third-order valence-corrected chi connectivity index (χ3v) is 4.04. The molecule has 0 aromatic heterocycles. The number of carbonyl (C=O) groups is 2. The van der Waals surface area contributed by atoms with Crippen LogP contribution in [-0.4, -0.2) is 41.1 Å². The van der Waals surface area contributed by atoms with E-state index in [-0.39, 0.29) is 18.0 Å². The average Bonchev–Trinajstić information content (AvgIpc) is 2.71. The van der Waals surface area contributed by atoms with Gasteiger partial charge >= 0.3 is 12.0 Å². The number of nitrogens with zero attached hydrogens (tertiary/aromatic N) is 1. The maximum absolute atomic E-state index is 12.1. The number of carbonyl (C=O) groups excluding carboxylic acids is 1. The molecular formula is C14H26N2O3. The monoisotopic (exact) mass is 270 g/mol. The Hall–Kier alpha value is -1.26. The topological polar surface area (TPSA) is 69.6 Å². The molecule has 0 bridgehead atoms. The van der Waals surface area contributed by atoms with Crippen molar-refractivity contribution in [1.82, 2.24) is 10.2 Å². The Morgan fingerprint density at radius 1 is 1.37 bits per heavy atom. The number of rotatable bonds is 5. The largest absolute Gasteiger partial charge is 0.481 e. The molecule has 1 fully saturated rings. The Morgan fingerprint density at radius 3 is 2.47 bits per heavy atom. The van der Waals surface area contributed by atoms with Crippen molar-refractivity contribution in [2.75, 3.05) is 13.1 Å². The molecule has 1 rings (SSSR count). The van der Waals surface area contributed by atoms with E-state index in [4.69, 9.17) is 5.11 Å². The van der Waals surface area contributed by atoms with Crippen molar-refractivity contribution in [2.24, 2.45) is 17.8 Å². The second-order valence-corrected chi connectivity index (χ2v) is 5.93. The van der Waals surface area contributed by atoms with Gasteiger partial charge in [0, 0.05) is 19.1 Å². The summed E-state index contributed by atoms with van der Waals surface area (Å²) in [6, 6.07) is -0.00645. The van der Waals surface area contributed by atoms with E-state index in [0.29, 0.717) is 19.0 Å². The molecule has 0 aromatic rings. The summed E-state index contributed by atoms with van der Waals surface area (Å²) in [5, 5.41) is 12.0. The van der Waals surface area contributed by atoms with Crippen LogP contribution in [0.2, 0.25) is 0 Å². The van der Waals surface area contributed by atoms with Crippen LogP contribution in [0, 0.1) is 17.8 Å². The molecule has 4 atom stereocenters. The predicted octanol–water partition coefficient (Wildman–Crippen LogP) is 2.17. The number of hydrogen-bond donors (Lipinski definition) is 2. The van der Waals surface area contributed by atoms with Gasteiger partial charge in [0.1, 0.15) is 0 Å². The smallest absolute Gasteiger partial charge is 0.317 e. The van der Waals surface area contributed by atoms with Crippen molar-refractivity contribution in [3.8, 4) is 0 Å². The molecule has 5 nitrogen and oxygen atoms in total. The molecule has 5 heteroatoms. The molecule has 1 heterocycles. The summed E-state index contributed by atoms with van der Waals surface area (Å²) in [7, 11) is 0. The summed E-state index contributed by atoms with van der Waals surface area (Å²) >= 11 is 0. The first-order valence-corrected chi connectivity index (χ1v) is 7.13. The molecule has 19 heavy (non-hydrogen) atoms. The average molecular weight is 270 g/mol. The molecular weight excluding hydrogens is 244 g/mol. The van der Waals surface area contributed by atoms with Crippen molar-refractivity contribution in [3.05, 3.63) is 0 Å². The first-order valence-electron chi connectivity index (χ1n) is 7.13. The maximum Gasteiger partial charge on any atom is 0.317 e. The van der Waals surface area contributed by atoms with Gasteiger partial charge in [0.2, 0.25) is 0 Å². The molecule has 0 saturated carbocycles. The van der Waals surface area contributed by atoms with Crippen molar-refractivity contribution < 1.29 is 14.7 Å². The van der Waals surface area contributed by atoms with Gasteiger partial charge in [0.05, 0.1) is 5.92 Å². The molecule has 0 aliphatic carbocycles. The zero-order valence-electron chi connectivity index (χ0n) is 12.3. The molecule has 0 spiro atoms. The standard InChI is InChI=1S/C14H26N2O3/c1-5-9(2)6-11(4)15-14(19)16-7-10(3)12(8-16)13(17)18/h9-12H,5-8H2,1-4H3,(H,15,19)(H,17,18)/t9?,10-,11?,12-/m1/s1. The summed E-state index contributed by atoms with van der Waals surface area (Å²) in [6.07, 6.45) is 2.05. The fourth-order valence-corrected chi connectivity index (χ4v) is 2.59. The Kier molecular flexibility index (Phi) is 5.63. The van der Waals surface area contributed by atoms with E-state index >= 15 is 0 Å². The number of carboxylic acid groups (broad SMARTS) is 1. The number of carboxylic acids is 1. The van der Waals surface area contributed by atoms with Crippen LogP contribution in [0.4, 0.5) is 4.79 Å². The van der Waals surface area contributed by atoms with Crippen molar-refractivity contribution in [1.29, 1.82) is 0 Å². The van der Waals surface area contributed by atoms with Crippen LogP contribution in [-0.2, 0) is 4.79 Å². The van der Waals surface area contributed by atoms with E-state index in [1.54, 1.807) is 4.90 Å². The van der Waals surface area contributed by atoms with Crippen LogP contribution in [0.3, 0.4) is 0 Å². The van der Waals surface area contributed by atoms with E-state index in [9.17, 15) is 9.59 Å². The normalized spacial score (nSPS) is 26.0. The molecule has 1 aliphatic rings. The Balaban J connectivity index is 2.45. The van der Waals surface area contributed by atoms with E-state index in [1.807, 2.05) is 13.8 Å². The number of urea groups is 1. The molecule has 2 amide bonds. The van der Waals surface area contributed by atoms with Crippen LogP contribution in [0.15, 0.2) is 0 Å². The number of nitrogens with one attached hydrogen (secondary N) is 1. The van der Waals surface area contributed by atoms with Crippen LogP contribution in [0.1, 0.15) is 40.5 Å². The lowest BCUT2D eigenvalue weighted by Crippen LogP contribution is -2.43. The number of likely N-dealkylation sites (tertiary alicyclic amines) is 1. The number of hydrogen-bond acceptors (Lipinski definition) is 2. The maximum atomic E-state index is 12.1. The summed E-state index contributed by atoms with van der Waals surface area (Å²) in [4.78, 5) is 24.7. The molecule has 110 valence electrons. The minimum absolute atomic E-state index is 0.0214. The van der Waals surface area contributed by atoms with Gasteiger partial charge in [0.15, 0.2) is 0 Å². The highest BCUT2D eigenvalue weighted by molar-refractivity contribution is 5.77. The third-order valence-electron chi connectivity index (χ3n) is 4.04. The van der Waals surface area contributed by atoms with Crippen LogP contribution >= 0.6 is 0 Å². The zero-order chi connectivity index (χ0) is 14.6. The highest BCUT2D eigenvalue weighted by atomic mass is 16.4. The highest BCUT2D eigenvalue weighted by Crippen LogP contribution is 2.23. The zero-order valence-corrected chi connectivity index (χ0v) is 12.3. The summed E-state index contributed by atoms with van der Waals surface area (Å²) in [5.74, 6) is -0.640. The van der Waals surface area contributed by atoms with Crippen LogP contribution in [0.25, 0.3) is 0 Å². The Labute approximate surface area is 115 Å². The summed E-state index contributed by atoms with van der Waals surface area (Å²) < 4.78 is 0. The van der Waals surface area contributed by atoms with Gasteiger partial charge in [-0.1, -0.05) is 27.2 Å². The lowest BCUT2D eigenvalue weighted by Gasteiger charge is -2.22. The van der Waals surface area contributed by atoms with Crippen molar-refractivity contribution in [3.63, 3.8) is 0 Å². The van der Waals surface area contributed by atoms with Gasteiger partial charge in [-0.3, -0.25) is 4.79 Å². The first kappa shape index (κ1) is 15.8. The van der Waals surface area contributed by atoms with Gasteiger partial charge in [-0.15, -0.1) is 0 Å². The quantitative estimate of drug-likeness (QED) is 0.804. The second kappa shape index (κ2) is 6.78. The molecule has 0 aromatic carbocycles. The third kappa shape index (κ3) is 4.40. The Bertz CT molecular complexity index is 333. The van der Waals surface area contributed by atoms with Crippen LogP contribution < -0.4 is 5.32 Å². The van der Waals surface area contributed by atoms with Crippen molar-refractivity contribution in [2.45, 2.75) is 46.6 Å². The van der Waals surface area contributed by atoms with Gasteiger partial charge in [-0.25, -0.2) is 4.79 Å². The Morgan fingerprint density at radius 2 is 2.00 bits per heavy atom. The second-order valence-electron chi connectivity index (χ2n) is 5.93. The van der Waals surface area contributed by atoms with Gasteiger partial charge in [0.25, 0.3) is 0 Å². The molecule has 1 saturated heterocycles. The van der Waals surface area contributed by atoms with Gasteiger partial charge < -0.3 is 15.3 Å². The van der Waals surface area contributed by atoms with E-state index in [2.05, 4.69) is 19.2 Å².